The summed E-state index contributed by atoms with van der Waals surface area (Å²) < 4.78 is 0. The minimum absolute atomic E-state index is 1.12. The first-order valence-electron chi connectivity index (χ1n) is 5.30. The number of hydrogen-bond donors (Lipinski definition) is 0. The summed E-state index contributed by atoms with van der Waals surface area (Å²) in [5, 5.41) is 0. The van der Waals surface area contributed by atoms with Crippen molar-refractivity contribution in [1.82, 2.24) is 0 Å². The molecule has 0 unspecified atom stereocenters. The van der Waals surface area contributed by atoms with Gasteiger partial charge in [-0.05, 0) is 25.7 Å². The average molecular weight is 186 g/mol. The van der Waals surface area contributed by atoms with E-state index in [1.54, 1.807) is 0 Å². The zero-order valence-electron chi connectivity index (χ0n) is 8.60. The molecule has 0 radical (unpaired) electrons. The molecule has 0 heteroatoms. The van der Waals surface area contributed by atoms with Crippen molar-refractivity contribution in [2.45, 2.75) is 25.7 Å². The first-order chi connectivity index (χ1) is 7.00. The molecule has 0 bridgehead atoms. The Morgan fingerprint density at radius 2 is 0.643 bits per heavy atom. The summed E-state index contributed by atoms with van der Waals surface area (Å²) in [7, 11) is 0. The van der Waals surface area contributed by atoms with Gasteiger partial charge in [-0.2, -0.15) is 0 Å². The average Bonchev–Trinajstić information content (AvgIpc) is 2.22. The zero-order chi connectivity index (χ0) is 9.90. The summed E-state index contributed by atoms with van der Waals surface area (Å²) in [6.45, 7) is 0. The van der Waals surface area contributed by atoms with Crippen LogP contribution in [0.3, 0.4) is 0 Å². The van der Waals surface area contributed by atoms with Gasteiger partial charge < -0.3 is 0 Å². The molecule has 0 aromatic carbocycles. The SMILES string of the molecule is C1=CCC\C=C/C=C/C=C\CC/C=C\1. The molecule has 0 atom stereocenters. The maximum atomic E-state index is 2.21. The Balaban J connectivity index is 2.45. The highest BCUT2D eigenvalue weighted by Crippen LogP contribution is 1.97. The lowest BCUT2D eigenvalue weighted by Crippen LogP contribution is -1.66. The highest BCUT2D eigenvalue weighted by Gasteiger charge is 1.77. The third-order valence-corrected chi connectivity index (χ3v) is 1.99. The Morgan fingerprint density at radius 1 is 0.357 bits per heavy atom. The second kappa shape index (κ2) is 8.31. The van der Waals surface area contributed by atoms with Crippen LogP contribution >= 0.6 is 0 Å². The molecule has 0 saturated heterocycles. The van der Waals surface area contributed by atoms with Gasteiger partial charge in [0.1, 0.15) is 0 Å². The van der Waals surface area contributed by atoms with Crippen LogP contribution in [0.5, 0.6) is 0 Å². The Hall–Kier alpha value is -1.30. The van der Waals surface area contributed by atoms with Crippen molar-refractivity contribution in [3.05, 3.63) is 60.8 Å². The summed E-state index contributed by atoms with van der Waals surface area (Å²) in [6.07, 6.45) is 26.0. The van der Waals surface area contributed by atoms with E-state index >= 15 is 0 Å². The third-order valence-electron chi connectivity index (χ3n) is 1.99. The van der Waals surface area contributed by atoms with Crippen LogP contribution < -0.4 is 0 Å². The van der Waals surface area contributed by atoms with Crippen LogP contribution in [0.1, 0.15) is 25.7 Å². The zero-order valence-corrected chi connectivity index (χ0v) is 8.60. The van der Waals surface area contributed by atoms with E-state index in [2.05, 4.69) is 60.8 Å². The summed E-state index contributed by atoms with van der Waals surface area (Å²) in [6, 6.07) is 0. The van der Waals surface area contributed by atoms with E-state index in [0.29, 0.717) is 0 Å². The minimum atomic E-state index is 1.12. The van der Waals surface area contributed by atoms with Gasteiger partial charge in [-0.15, -0.1) is 0 Å². The maximum absolute atomic E-state index is 2.21. The lowest BCUT2D eigenvalue weighted by molar-refractivity contribution is 1.04. The molecule has 74 valence electrons. The highest BCUT2D eigenvalue weighted by atomic mass is 13.8. The summed E-state index contributed by atoms with van der Waals surface area (Å²) in [5.74, 6) is 0. The largest absolute Gasteiger partial charge is 0.0842 e. The maximum Gasteiger partial charge on any atom is -0.0313 e. The molecule has 0 saturated carbocycles. The van der Waals surface area contributed by atoms with Crippen LogP contribution in [0.25, 0.3) is 0 Å². The molecule has 0 nitrogen and oxygen atoms in total. The van der Waals surface area contributed by atoms with Crippen LogP contribution in [0.15, 0.2) is 60.8 Å². The predicted molar refractivity (Wildman–Crippen MR) is 64.2 cm³/mol. The summed E-state index contributed by atoms with van der Waals surface area (Å²) >= 11 is 0. The lowest BCUT2D eigenvalue weighted by Gasteiger charge is -1.87. The van der Waals surface area contributed by atoms with Crippen molar-refractivity contribution in [1.29, 1.82) is 0 Å². The van der Waals surface area contributed by atoms with Crippen molar-refractivity contribution in [3.63, 3.8) is 0 Å². The first-order valence-corrected chi connectivity index (χ1v) is 5.30. The van der Waals surface area contributed by atoms with Gasteiger partial charge in [-0.3, -0.25) is 0 Å². The molecule has 0 heterocycles. The van der Waals surface area contributed by atoms with E-state index in [0.717, 1.165) is 25.7 Å². The van der Waals surface area contributed by atoms with Crippen molar-refractivity contribution < 1.29 is 0 Å². The smallest absolute Gasteiger partial charge is 0.0313 e. The molecule has 1 aliphatic rings. The number of rotatable bonds is 0. The molecular formula is C14H18. The normalized spacial score (nSPS) is 27.4. The topological polar surface area (TPSA) is 0 Å². The van der Waals surface area contributed by atoms with Crippen LogP contribution in [0, 0.1) is 0 Å². The van der Waals surface area contributed by atoms with E-state index in [4.69, 9.17) is 0 Å². The van der Waals surface area contributed by atoms with E-state index in [1.165, 1.54) is 0 Å². The Bertz CT molecular complexity index is 234. The molecule has 0 spiro atoms. The summed E-state index contributed by atoms with van der Waals surface area (Å²) in [5.41, 5.74) is 0. The van der Waals surface area contributed by atoms with Crippen molar-refractivity contribution in [2.75, 3.05) is 0 Å². The highest BCUT2D eigenvalue weighted by molar-refractivity contribution is 5.12. The Labute approximate surface area is 87.0 Å². The standard InChI is InChI=1S/C14H18/c1-2-4-6-8-10-12-14-13-11-9-7-5-3-1/h1-6,11-14H,7-10H2/b2-1+,5-3-,6-4-,13-11-,14-12?. The van der Waals surface area contributed by atoms with Gasteiger partial charge in [-0.1, -0.05) is 60.8 Å². The lowest BCUT2D eigenvalue weighted by atomic mass is 10.2. The second-order valence-electron chi connectivity index (χ2n) is 3.25. The van der Waals surface area contributed by atoms with Gasteiger partial charge in [0, 0.05) is 0 Å². The molecule has 0 amide bonds. The molecule has 14 heavy (non-hydrogen) atoms. The van der Waals surface area contributed by atoms with E-state index in [9.17, 15) is 0 Å². The fraction of sp³-hybridized carbons (Fsp3) is 0.286. The van der Waals surface area contributed by atoms with Gasteiger partial charge in [-0.25, -0.2) is 0 Å². The van der Waals surface area contributed by atoms with Crippen LogP contribution in [-0.2, 0) is 0 Å². The molecule has 0 N–H and O–H groups in total. The fourth-order valence-electron chi connectivity index (χ4n) is 1.21. The third kappa shape index (κ3) is 6.24. The van der Waals surface area contributed by atoms with E-state index < -0.39 is 0 Å². The molecule has 0 aromatic rings. The molecular weight excluding hydrogens is 168 g/mol. The molecule has 0 fully saturated rings. The molecule has 0 aromatic heterocycles. The van der Waals surface area contributed by atoms with Crippen molar-refractivity contribution in [3.8, 4) is 0 Å². The summed E-state index contributed by atoms with van der Waals surface area (Å²) in [4.78, 5) is 0. The van der Waals surface area contributed by atoms with Gasteiger partial charge in [0.25, 0.3) is 0 Å². The van der Waals surface area contributed by atoms with Crippen molar-refractivity contribution >= 4 is 0 Å². The van der Waals surface area contributed by atoms with Crippen LogP contribution in [-0.4, -0.2) is 0 Å². The Morgan fingerprint density at radius 3 is 1.00 bits per heavy atom. The minimum Gasteiger partial charge on any atom is -0.0842 e. The van der Waals surface area contributed by atoms with Gasteiger partial charge in [0.2, 0.25) is 0 Å². The predicted octanol–water partition coefficient (Wildman–Crippen LogP) is 4.34. The molecule has 1 rings (SSSR count). The van der Waals surface area contributed by atoms with E-state index in [1.807, 2.05) is 0 Å². The van der Waals surface area contributed by atoms with Crippen LogP contribution in [0.4, 0.5) is 0 Å². The van der Waals surface area contributed by atoms with Crippen molar-refractivity contribution in [2.24, 2.45) is 0 Å². The van der Waals surface area contributed by atoms with E-state index in [-0.39, 0.29) is 0 Å². The molecule has 0 aliphatic heterocycles. The quantitative estimate of drug-likeness (QED) is 0.528. The number of hydrogen-bond acceptors (Lipinski definition) is 0. The molecule has 1 aliphatic carbocycles. The second-order valence-corrected chi connectivity index (χ2v) is 3.25. The van der Waals surface area contributed by atoms with Gasteiger partial charge in [0.05, 0.1) is 0 Å². The monoisotopic (exact) mass is 186 g/mol. The first kappa shape index (κ1) is 10.8. The Kier molecular flexibility index (Phi) is 6.39. The number of allylic oxidation sites excluding steroid dienone is 10. The van der Waals surface area contributed by atoms with Gasteiger partial charge in [0.15, 0.2) is 0 Å². The van der Waals surface area contributed by atoms with Crippen LogP contribution in [0.2, 0.25) is 0 Å². The fourth-order valence-corrected chi connectivity index (χ4v) is 1.21. The van der Waals surface area contributed by atoms with Gasteiger partial charge >= 0.3 is 0 Å².